The van der Waals surface area contributed by atoms with E-state index in [0.717, 1.165) is 6.92 Å². The van der Waals surface area contributed by atoms with Crippen LogP contribution in [0.3, 0.4) is 0 Å². The van der Waals surface area contributed by atoms with E-state index in [-0.39, 0.29) is 0 Å². The van der Waals surface area contributed by atoms with Gasteiger partial charge in [0, 0.05) is 0 Å². The Balaban J connectivity index is 4.00. The Labute approximate surface area is 67.3 Å². The van der Waals surface area contributed by atoms with Gasteiger partial charge < -0.3 is 0 Å². The summed E-state index contributed by atoms with van der Waals surface area (Å²) in [5.41, 5.74) is 0. The largest absolute Gasteiger partial charge is 0.397 e. The smallest absolute Gasteiger partial charge is 0.264 e. The van der Waals surface area contributed by atoms with Crippen molar-refractivity contribution in [1.29, 1.82) is 0 Å². The van der Waals surface area contributed by atoms with E-state index in [1.165, 1.54) is 0 Å². The van der Waals surface area contributed by atoms with E-state index in [0.29, 0.717) is 0 Å². The molecule has 4 nitrogen and oxygen atoms in total. The van der Waals surface area contributed by atoms with Gasteiger partial charge in [0.25, 0.3) is 0 Å². The van der Waals surface area contributed by atoms with Gasteiger partial charge in [-0.1, -0.05) is 0 Å². The lowest BCUT2D eigenvalue weighted by Gasteiger charge is -2.11. The minimum absolute atomic E-state index is 0.890. The molecule has 0 aromatic carbocycles. The van der Waals surface area contributed by atoms with E-state index >= 15 is 0 Å². The summed E-state index contributed by atoms with van der Waals surface area (Å²) in [5, 5.41) is 0. The van der Waals surface area contributed by atoms with Gasteiger partial charge in [0.2, 0.25) is 0 Å². The lowest BCUT2D eigenvalue weighted by molar-refractivity contribution is -0.148. The van der Waals surface area contributed by atoms with Crippen molar-refractivity contribution in [2.75, 3.05) is 0 Å². The molecule has 0 fully saturated rings. The van der Waals surface area contributed by atoms with E-state index in [1.54, 1.807) is 0 Å². The monoisotopic (exact) mass is 208 g/mol. The molecule has 0 saturated carbocycles. The van der Waals surface area contributed by atoms with Gasteiger partial charge in [0.15, 0.2) is 0 Å². The molecule has 1 unspecified atom stereocenters. The first kappa shape index (κ1) is 11.7. The fourth-order valence-electron chi connectivity index (χ4n) is 0.568. The summed E-state index contributed by atoms with van der Waals surface area (Å²) < 4.78 is 66.0. The highest BCUT2D eigenvalue weighted by atomic mass is 32.3. The third-order valence-corrected chi connectivity index (χ3v) is 1.38. The van der Waals surface area contributed by atoms with Crippen LogP contribution in [0.1, 0.15) is 13.3 Å². The maximum atomic E-state index is 11.5. The minimum atomic E-state index is -4.80. The van der Waals surface area contributed by atoms with Crippen molar-refractivity contribution >= 4 is 10.4 Å². The number of hydrogen-bond donors (Lipinski definition) is 1. The molecule has 0 bridgehead atoms. The van der Waals surface area contributed by atoms with Crippen molar-refractivity contribution in [1.82, 2.24) is 0 Å². The predicted octanol–water partition coefficient (Wildman–Crippen LogP) is 1.15. The Morgan fingerprint density at radius 3 is 2.17 bits per heavy atom. The number of rotatable bonds is 3. The molecule has 1 N–H and O–H groups in total. The van der Waals surface area contributed by atoms with Crippen LogP contribution < -0.4 is 0 Å². The molecule has 12 heavy (non-hydrogen) atoms. The Morgan fingerprint density at radius 1 is 1.50 bits per heavy atom. The number of halogens is 3. The first-order chi connectivity index (χ1) is 5.10. The van der Waals surface area contributed by atoms with Crippen molar-refractivity contribution in [3.63, 3.8) is 0 Å². The third kappa shape index (κ3) is 7.76. The van der Waals surface area contributed by atoms with Crippen molar-refractivity contribution in [3.05, 3.63) is 0 Å². The van der Waals surface area contributed by atoms with Crippen LogP contribution in [0.5, 0.6) is 0 Å². The third-order valence-electron chi connectivity index (χ3n) is 0.805. The minimum Gasteiger partial charge on any atom is -0.264 e. The van der Waals surface area contributed by atoms with Gasteiger partial charge in [-0.25, -0.2) is 4.18 Å². The van der Waals surface area contributed by atoms with E-state index in [9.17, 15) is 21.6 Å². The SMILES string of the molecule is CC(CC(F)(F)F)OS(=O)(=O)O. The van der Waals surface area contributed by atoms with Crippen molar-refractivity contribution in [2.45, 2.75) is 25.6 Å². The van der Waals surface area contributed by atoms with Crippen LogP contribution in [0.25, 0.3) is 0 Å². The summed E-state index contributed by atoms with van der Waals surface area (Å²) in [4.78, 5) is 0. The summed E-state index contributed by atoms with van der Waals surface area (Å²) in [6, 6.07) is 0. The summed E-state index contributed by atoms with van der Waals surface area (Å²) in [6.45, 7) is 0.890. The Bertz CT molecular complexity index is 231. The second-order valence-corrected chi connectivity index (χ2v) is 3.20. The molecule has 0 aliphatic carbocycles. The topological polar surface area (TPSA) is 63.6 Å². The molecule has 0 aromatic heterocycles. The van der Waals surface area contributed by atoms with Crippen LogP contribution in [0.4, 0.5) is 13.2 Å². The zero-order valence-electron chi connectivity index (χ0n) is 6.00. The van der Waals surface area contributed by atoms with Crippen molar-refractivity contribution < 1.29 is 30.3 Å². The van der Waals surface area contributed by atoms with E-state index < -0.39 is 29.1 Å². The maximum Gasteiger partial charge on any atom is 0.397 e. The lowest BCUT2D eigenvalue weighted by atomic mass is 10.3. The van der Waals surface area contributed by atoms with E-state index in [1.807, 2.05) is 0 Å². The van der Waals surface area contributed by atoms with Crippen LogP contribution in [-0.2, 0) is 14.6 Å². The molecule has 0 amide bonds. The molecule has 0 aromatic rings. The van der Waals surface area contributed by atoms with Crippen molar-refractivity contribution in [3.8, 4) is 0 Å². The van der Waals surface area contributed by atoms with E-state index in [4.69, 9.17) is 4.55 Å². The average Bonchev–Trinajstić information content (AvgIpc) is 1.49. The fourth-order valence-corrected chi connectivity index (χ4v) is 1.05. The molecule has 8 heteroatoms. The standard InChI is InChI=1S/C4H7F3O4S/c1-3(2-4(5,6)7)11-12(8,9)10/h3H,2H2,1H3,(H,8,9,10). The highest BCUT2D eigenvalue weighted by molar-refractivity contribution is 7.80. The Hall–Kier alpha value is -0.340. The molecule has 0 aliphatic heterocycles. The van der Waals surface area contributed by atoms with Crippen LogP contribution >= 0.6 is 0 Å². The highest BCUT2D eigenvalue weighted by Crippen LogP contribution is 2.23. The molecular weight excluding hydrogens is 201 g/mol. The molecule has 74 valence electrons. The van der Waals surface area contributed by atoms with Crippen LogP contribution in [0, 0.1) is 0 Å². The zero-order valence-corrected chi connectivity index (χ0v) is 6.82. The van der Waals surface area contributed by atoms with E-state index in [2.05, 4.69) is 4.18 Å². The molecular formula is C4H7F3O4S. The fraction of sp³-hybridized carbons (Fsp3) is 1.00. The molecule has 0 saturated heterocycles. The quantitative estimate of drug-likeness (QED) is 0.706. The van der Waals surface area contributed by atoms with Crippen LogP contribution in [-0.4, -0.2) is 25.3 Å². The zero-order chi connectivity index (χ0) is 9.99. The Kier molecular flexibility index (Phi) is 3.48. The summed E-state index contributed by atoms with van der Waals surface area (Å²) in [7, 11) is -4.80. The number of alkyl halides is 3. The van der Waals surface area contributed by atoms with Crippen molar-refractivity contribution in [2.24, 2.45) is 0 Å². The second kappa shape index (κ2) is 3.58. The first-order valence-corrected chi connectivity index (χ1v) is 4.19. The van der Waals surface area contributed by atoms with Crippen LogP contribution in [0.15, 0.2) is 0 Å². The normalized spacial score (nSPS) is 16.1. The average molecular weight is 208 g/mol. The lowest BCUT2D eigenvalue weighted by Crippen LogP contribution is -2.22. The molecule has 0 rings (SSSR count). The molecule has 0 heterocycles. The van der Waals surface area contributed by atoms with Gasteiger partial charge in [0.05, 0.1) is 12.5 Å². The summed E-state index contributed by atoms with van der Waals surface area (Å²) in [6.07, 6.45) is -7.54. The molecule has 0 aliphatic rings. The predicted molar refractivity (Wildman–Crippen MR) is 32.8 cm³/mol. The van der Waals surface area contributed by atoms with Gasteiger partial charge in [-0.05, 0) is 6.92 Å². The second-order valence-electron chi connectivity index (χ2n) is 2.15. The Morgan fingerprint density at radius 2 is 1.92 bits per heavy atom. The van der Waals surface area contributed by atoms with Gasteiger partial charge >= 0.3 is 16.6 Å². The van der Waals surface area contributed by atoms with Crippen LogP contribution in [0.2, 0.25) is 0 Å². The molecule has 0 spiro atoms. The highest BCUT2D eigenvalue weighted by Gasteiger charge is 2.32. The first-order valence-electron chi connectivity index (χ1n) is 2.82. The molecule has 1 atom stereocenters. The van der Waals surface area contributed by atoms with Gasteiger partial charge in [-0.3, -0.25) is 4.55 Å². The number of hydrogen-bond acceptors (Lipinski definition) is 3. The molecule has 0 radical (unpaired) electrons. The van der Waals surface area contributed by atoms with Gasteiger partial charge in [0.1, 0.15) is 0 Å². The van der Waals surface area contributed by atoms with Gasteiger partial charge in [-0.15, -0.1) is 0 Å². The van der Waals surface area contributed by atoms with Gasteiger partial charge in [-0.2, -0.15) is 21.6 Å². The summed E-state index contributed by atoms with van der Waals surface area (Å²) in [5.74, 6) is 0. The summed E-state index contributed by atoms with van der Waals surface area (Å²) >= 11 is 0. The maximum absolute atomic E-state index is 11.5.